The first-order valence-corrected chi connectivity index (χ1v) is 8.46. The summed E-state index contributed by atoms with van der Waals surface area (Å²) in [6, 6.07) is 12.4. The van der Waals surface area contributed by atoms with Crippen molar-refractivity contribution in [2.45, 2.75) is 26.4 Å². The number of benzene rings is 2. The Morgan fingerprint density at radius 3 is 2.56 bits per heavy atom. The van der Waals surface area contributed by atoms with Crippen LogP contribution in [0.3, 0.4) is 0 Å². The predicted molar refractivity (Wildman–Crippen MR) is 102 cm³/mol. The van der Waals surface area contributed by atoms with Gasteiger partial charge in [-0.3, -0.25) is 5.10 Å². The fourth-order valence-corrected chi connectivity index (χ4v) is 2.77. The number of rotatable bonds is 4. The van der Waals surface area contributed by atoms with Crippen LogP contribution in [0.1, 0.15) is 31.1 Å². The number of nitrogens with one attached hydrogen (secondary N) is 2. The van der Waals surface area contributed by atoms with Gasteiger partial charge in [-0.05, 0) is 63.2 Å². The highest BCUT2D eigenvalue weighted by Crippen LogP contribution is 2.23. The fourth-order valence-electron chi connectivity index (χ4n) is 2.77. The number of hydrogen-bond donors (Lipinski definition) is 3. The lowest BCUT2D eigenvalue weighted by atomic mass is 10.2. The molecular formula is C19H19N5O3. The summed E-state index contributed by atoms with van der Waals surface area (Å²) in [5.74, 6) is 0.805. The number of aromatic amines is 1. The minimum absolute atomic E-state index is 0.194. The first-order valence-electron chi connectivity index (χ1n) is 8.46. The Bertz CT molecular complexity index is 1140. The van der Waals surface area contributed by atoms with E-state index in [0.29, 0.717) is 17.2 Å². The lowest BCUT2D eigenvalue weighted by molar-refractivity contribution is 0.0697. The number of ether oxygens (including phenoxy) is 1. The van der Waals surface area contributed by atoms with Crippen LogP contribution >= 0.6 is 0 Å². The van der Waals surface area contributed by atoms with Gasteiger partial charge in [-0.15, -0.1) is 0 Å². The van der Waals surface area contributed by atoms with Crippen LogP contribution in [0.15, 0.2) is 42.5 Å². The van der Waals surface area contributed by atoms with Gasteiger partial charge in [0.05, 0.1) is 16.6 Å². The molecule has 4 aromatic rings. The molecule has 8 nitrogen and oxygen atoms in total. The van der Waals surface area contributed by atoms with Crippen molar-refractivity contribution in [2.75, 3.05) is 5.32 Å². The number of fused-ring (bicyclic) bond motifs is 3. The fraction of sp³-hybridized carbons (Fsp3) is 0.211. The molecule has 2 heterocycles. The third-order valence-corrected chi connectivity index (χ3v) is 3.85. The molecule has 0 aliphatic heterocycles. The molecule has 0 atom stereocenters. The van der Waals surface area contributed by atoms with Crippen molar-refractivity contribution in [1.82, 2.24) is 19.6 Å². The summed E-state index contributed by atoms with van der Waals surface area (Å²) in [5, 5.41) is 15.4. The molecule has 0 radical (unpaired) electrons. The molecule has 27 heavy (non-hydrogen) atoms. The van der Waals surface area contributed by atoms with Gasteiger partial charge in [0.2, 0.25) is 5.95 Å². The molecule has 0 bridgehead atoms. The van der Waals surface area contributed by atoms with E-state index in [1.54, 1.807) is 16.6 Å². The van der Waals surface area contributed by atoms with Crippen molar-refractivity contribution in [3.8, 4) is 5.75 Å². The van der Waals surface area contributed by atoms with Crippen LogP contribution < -0.4 is 10.1 Å². The first-order chi connectivity index (χ1) is 12.8. The minimum atomic E-state index is -0.984. The molecule has 2 aromatic heterocycles. The molecule has 0 unspecified atom stereocenters. The Kier molecular flexibility index (Phi) is 3.76. The normalized spacial score (nSPS) is 11.8. The predicted octanol–water partition coefficient (Wildman–Crippen LogP) is 3.83. The van der Waals surface area contributed by atoms with Crippen molar-refractivity contribution in [2.24, 2.45) is 0 Å². The van der Waals surface area contributed by atoms with E-state index in [1.807, 2.05) is 45.0 Å². The van der Waals surface area contributed by atoms with Gasteiger partial charge in [-0.1, -0.05) is 0 Å². The number of carboxylic acid groups (broad SMARTS) is 1. The maximum absolute atomic E-state index is 11.1. The lowest BCUT2D eigenvalue weighted by Crippen LogP contribution is -2.22. The Morgan fingerprint density at radius 1 is 1.15 bits per heavy atom. The molecule has 0 saturated carbocycles. The summed E-state index contributed by atoms with van der Waals surface area (Å²) >= 11 is 0. The standard InChI is InChI=1S/C19H19N5O3/c1-19(2,3)27-13-7-5-12(6-8-13)20-17-22-18-21-14-10-11(16(25)26)4-9-15(14)24(18)23-17/h4-10H,1-3H3,(H,25,26)(H2,20,21,22,23). The average Bonchev–Trinajstić information content (AvgIpc) is 3.11. The highest BCUT2D eigenvalue weighted by molar-refractivity contribution is 5.93. The van der Waals surface area contributed by atoms with Gasteiger partial charge in [0.25, 0.3) is 5.78 Å². The van der Waals surface area contributed by atoms with E-state index in [-0.39, 0.29) is 11.2 Å². The summed E-state index contributed by atoms with van der Waals surface area (Å²) in [5.41, 5.74) is 2.13. The van der Waals surface area contributed by atoms with Crippen LogP contribution in [-0.4, -0.2) is 36.3 Å². The van der Waals surface area contributed by atoms with Crippen molar-refractivity contribution in [3.63, 3.8) is 0 Å². The van der Waals surface area contributed by atoms with Crippen molar-refractivity contribution in [3.05, 3.63) is 48.0 Å². The van der Waals surface area contributed by atoms with E-state index in [9.17, 15) is 4.79 Å². The largest absolute Gasteiger partial charge is 0.488 e. The zero-order valence-electron chi connectivity index (χ0n) is 15.1. The summed E-state index contributed by atoms with van der Waals surface area (Å²) in [6.07, 6.45) is 0. The number of aromatic nitrogens is 4. The second-order valence-electron chi connectivity index (χ2n) is 7.19. The number of carbonyl (C=O) groups is 1. The monoisotopic (exact) mass is 365 g/mol. The third-order valence-electron chi connectivity index (χ3n) is 3.85. The van der Waals surface area contributed by atoms with E-state index in [0.717, 1.165) is 17.0 Å². The van der Waals surface area contributed by atoms with Gasteiger partial charge >= 0.3 is 5.97 Å². The number of carboxylic acids is 1. The van der Waals surface area contributed by atoms with Gasteiger partial charge in [-0.2, -0.15) is 4.98 Å². The van der Waals surface area contributed by atoms with Gasteiger partial charge in [0.15, 0.2) is 0 Å². The molecular weight excluding hydrogens is 346 g/mol. The van der Waals surface area contributed by atoms with E-state index in [2.05, 4.69) is 20.4 Å². The van der Waals surface area contributed by atoms with Gasteiger partial charge in [0.1, 0.15) is 11.4 Å². The van der Waals surface area contributed by atoms with Gasteiger partial charge < -0.3 is 15.2 Å². The molecule has 0 saturated heterocycles. The second kappa shape index (κ2) is 6.01. The van der Waals surface area contributed by atoms with E-state index >= 15 is 0 Å². The maximum Gasteiger partial charge on any atom is 0.335 e. The highest BCUT2D eigenvalue weighted by atomic mass is 16.5. The van der Waals surface area contributed by atoms with Gasteiger partial charge in [0, 0.05) is 5.69 Å². The Morgan fingerprint density at radius 2 is 1.89 bits per heavy atom. The third kappa shape index (κ3) is 3.41. The van der Waals surface area contributed by atoms with Crippen LogP contribution in [0.25, 0.3) is 16.8 Å². The highest BCUT2D eigenvalue weighted by Gasteiger charge is 2.13. The van der Waals surface area contributed by atoms with Crippen LogP contribution in [0.4, 0.5) is 11.6 Å². The number of imidazole rings is 1. The number of hydrogen-bond acceptors (Lipinski definition) is 5. The molecule has 3 N–H and O–H groups in total. The molecule has 0 fully saturated rings. The molecule has 0 amide bonds. The smallest absolute Gasteiger partial charge is 0.335 e. The van der Waals surface area contributed by atoms with Crippen molar-refractivity contribution in [1.29, 1.82) is 0 Å². The van der Waals surface area contributed by atoms with E-state index in [1.165, 1.54) is 6.07 Å². The average molecular weight is 365 g/mol. The summed E-state index contributed by atoms with van der Waals surface area (Å²) in [4.78, 5) is 19.9. The van der Waals surface area contributed by atoms with Crippen molar-refractivity contribution < 1.29 is 14.6 Å². The van der Waals surface area contributed by atoms with Crippen LogP contribution in [0.5, 0.6) is 5.75 Å². The maximum atomic E-state index is 11.1. The second-order valence-corrected chi connectivity index (χ2v) is 7.19. The molecule has 0 aliphatic rings. The van der Waals surface area contributed by atoms with Crippen LogP contribution in [0, 0.1) is 0 Å². The zero-order valence-corrected chi connectivity index (χ0v) is 15.1. The summed E-state index contributed by atoms with van der Waals surface area (Å²) in [6.45, 7) is 6.00. The molecule has 0 aliphatic carbocycles. The van der Waals surface area contributed by atoms with Crippen LogP contribution in [-0.2, 0) is 0 Å². The first kappa shape index (κ1) is 16.9. The zero-order chi connectivity index (χ0) is 19.2. The minimum Gasteiger partial charge on any atom is -0.488 e. The number of nitrogens with zero attached hydrogens (tertiary/aromatic N) is 3. The Balaban J connectivity index is 1.58. The number of anilines is 2. The van der Waals surface area contributed by atoms with Crippen LogP contribution in [0.2, 0.25) is 0 Å². The van der Waals surface area contributed by atoms with Crippen molar-refractivity contribution >= 4 is 34.4 Å². The molecule has 138 valence electrons. The summed E-state index contributed by atoms with van der Waals surface area (Å²) in [7, 11) is 0. The summed E-state index contributed by atoms with van der Waals surface area (Å²) < 4.78 is 7.52. The quantitative estimate of drug-likeness (QED) is 0.508. The number of aromatic carboxylic acids is 1. The molecule has 2 aromatic carbocycles. The number of H-pyrrole nitrogens is 1. The SMILES string of the molecule is CC(C)(C)Oc1ccc(Nc2nc3nc4cc(C(=O)O)ccc4n3[nH]2)cc1. The van der Waals surface area contributed by atoms with E-state index in [4.69, 9.17) is 9.84 Å². The van der Waals surface area contributed by atoms with Gasteiger partial charge in [-0.25, -0.2) is 14.3 Å². The topological polar surface area (TPSA) is 105 Å². The van der Waals surface area contributed by atoms with E-state index < -0.39 is 5.97 Å². The molecule has 4 rings (SSSR count). The molecule has 0 spiro atoms. The Labute approximate surface area is 154 Å². The lowest BCUT2D eigenvalue weighted by Gasteiger charge is -2.21. The molecule has 8 heteroatoms. The Hall–Kier alpha value is -3.55.